The van der Waals surface area contributed by atoms with E-state index < -0.39 is 0 Å². The fourth-order valence-electron chi connectivity index (χ4n) is 1.82. The van der Waals surface area contributed by atoms with Crippen molar-refractivity contribution < 1.29 is 27.3 Å². The zero-order valence-corrected chi connectivity index (χ0v) is 13.4. The van der Waals surface area contributed by atoms with Crippen LogP contribution in [0, 0.1) is 12.3 Å². The Morgan fingerprint density at radius 3 is 2.90 bits per heavy atom. The molecule has 116 valence electrons. The van der Waals surface area contributed by atoms with Gasteiger partial charge in [-0.25, -0.2) is 4.79 Å². The number of amides is 1. The zero-order chi connectivity index (χ0) is 14.8. The fraction of sp³-hybridized carbons (Fsp3) is 0.438. The monoisotopic (exact) mass is 310 g/mol. The summed E-state index contributed by atoms with van der Waals surface area (Å²) >= 11 is 0. The van der Waals surface area contributed by atoms with E-state index in [-0.39, 0.29) is 18.5 Å². The van der Waals surface area contributed by atoms with Gasteiger partial charge in [0.1, 0.15) is 12.3 Å². The molecule has 0 aliphatic carbocycles. The fourth-order valence-corrected chi connectivity index (χ4v) is 1.82. The van der Waals surface area contributed by atoms with Gasteiger partial charge in [-0.2, -0.15) is 0 Å². The van der Waals surface area contributed by atoms with E-state index in [2.05, 4.69) is 11.2 Å². The number of carbonyl (C=O) groups is 1. The van der Waals surface area contributed by atoms with Crippen LogP contribution in [-0.4, -0.2) is 37.7 Å². The Hall–Kier alpha value is -1.70. The highest BCUT2D eigenvalue weighted by molar-refractivity contribution is 5.70. The molecular formula is C16H23ClN2O2. The molecule has 0 spiro atoms. The first kappa shape index (κ1) is 19.3. The van der Waals surface area contributed by atoms with E-state index in [0.717, 1.165) is 24.9 Å². The van der Waals surface area contributed by atoms with Crippen molar-refractivity contribution in [1.82, 2.24) is 4.90 Å². The van der Waals surface area contributed by atoms with Gasteiger partial charge in [0.05, 0.1) is 6.54 Å². The van der Waals surface area contributed by atoms with Crippen LogP contribution in [0.15, 0.2) is 24.3 Å². The smallest absolute Gasteiger partial charge is 0.414 e. The van der Waals surface area contributed by atoms with Crippen LogP contribution in [0.3, 0.4) is 0 Å². The molecule has 4 nitrogen and oxygen atoms in total. The number of carbonyl (C=O) groups excluding carboxylic acids is 1. The average molecular weight is 311 g/mol. The third-order valence-corrected chi connectivity index (χ3v) is 2.87. The molecule has 0 aromatic heterocycles. The first-order valence-corrected chi connectivity index (χ1v) is 6.94. The van der Waals surface area contributed by atoms with Crippen LogP contribution in [0.4, 0.5) is 4.79 Å². The van der Waals surface area contributed by atoms with E-state index in [9.17, 15) is 4.79 Å². The minimum absolute atomic E-state index is 0. The Kier molecular flexibility index (Phi) is 10.1. The summed E-state index contributed by atoms with van der Waals surface area (Å²) in [7, 11) is 1.74. The number of terminal acetylenes is 1. The van der Waals surface area contributed by atoms with Crippen molar-refractivity contribution in [3.8, 4) is 18.1 Å². The molecule has 0 heterocycles. The molecule has 1 amide bonds. The Morgan fingerprint density at radius 2 is 2.24 bits per heavy atom. The van der Waals surface area contributed by atoms with E-state index in [4.69, 9.17) is 11.2 Å². The summed E-state index contributed by atoms with van der Waals surface area (Å²) in [6.07, 6.45) is 6.69. The highest BCUT2D eigenvalue weighted by atomic mass is 35.5. The standard InChI is InChI=1S/C16H22N2O2.ClH/c1-4-10-17-11-9-14-7-6-8-15(13-14)20-16(19)18(3)12-5-2;/h1,6-8,13,17H,5,9-12H2,2-3H3;1H. The largest absolute Gasteiger partial charge is 1.00 e. The predicted molar refractivity (Wildman–Crippen MR) is 79.6 cm³/mol. The third kappa shape index (κ3) is 7.60. The van der Waals surface area contributed by atoms with E-state index >= 15 is 0 Å². The Bertz CT molecular complexity index is 472. The minimum atomic E-state index is -0.317. The van der Waals surface area contributed by atoms with Gasteiger partial charge in [0.2, 0.25) is 0 Å². The lowest BCUT2D eigenvalue weighted by Crippen LogP contribution is -3.00. The van der Waals surface area contributed by atoms with Crippen LogP contribution in [0.5, 0.6) is 5.75 Å². The first-order chi connectivity index (χ1) is 9.67. The number of hydrogen-bond acceptors (Lipinski definition) is 2. The van der Waals surface area contributed by atoms with Gasteiger partial charge < -0.3 is 27.4 Å². The second-order valence-corrected chi connectivity index (χ2v) is 4.67. The van der Waals surface area contributed by atoms with Gasteiger partial charge in [0, 0.05) is 20.0 Å². The Balaban J connectivity index is 0.00000400. The van der Waals surface area contributed by atoms with Gasteiger partial charge in [-0.1, -0.05) is 19.1 Å². The highest BCUT2D eigenvalue weighted by Crippen LogP contribution is 2.14. The van der Waals surface area contributed by atoms with Gasteiger partial charge in [-0.3, -0.25) is 0 Å². The van der Waals surface area contributed by atoms with E-state index in [1.165, 1.54) is 0 Å². The Labute approximate surface area is 133 Å². The molecule has 0 saturated carbocycles. The molecule has 0 bridgehead atoms. The number of hydrogen-bond donors (Lipinski definition) is 1. The molecule has 21 heavy (non-hydrogen) atoms. The number of ether oxygens (including phenoxy) is 1. The maximum atomic E-state index is 11.8. The van der Waals surface area contributed by atoms with Crippen LogP contribution >= 0.6 is 0 Å². The van der Waals surface area contributed by atoms with Crippen LogP contribution < -0.4 is 22.5 Å². The SMILES string of the molecule is C#CC[NH2+]CCc1cccc(OC(=O)N(C)CCC)c1.[Cl-]. The topological polar surface area (TPSA) is 46.1 Å². The second kappa shape index (κ2) is 11.0. The number of nitrogens with two attached hydrogens (primary N) is 1. The van der Waals surface area contributed by atoms with Crippen LogP contribution in [-0.2, 0) is 6.42 Å². The van der Waals surface area contributed by atoms with Crippen molar-refractivity contribution in [1.29, 1.82) is 0 Å². The van der Waals surface area contributed by atoms with Gasteiger partial charge >= 0.3 is 6.09 Å². The lowest BCUT2D eigenvalue weighted by Gasteiger charge is -2.15. The summed E-state index contributed by atoms with van der Waals surface area (Å²) < 4.78 is 5.34. The number of nitrogens with zero attached hydrogens (tertiary/aromatic N) is 1. The zero-order valence-electron chi connectivity index (χ0n) is 12.6. The third-order valence-electron chi connectivity index (χ3n) is 2.87. The molecule has 0 radical (unpaired) electrons. The molecule has 1 aromatic carbocycles. The lowest BCUT2D eigenvalue weighted by atomic mass is 10.1. The van der Waals surface area contributed by atoms with Gasteiger partial charge in [0.25, 0.3) is 0 Å². The molecule has 0 aliphatic rings. The van der Waals surface area contributed by atoms with E-state index in [0.29, 0.717) is 18.8 Å². The molecule has 2 N–H and O–H groups in total. The summed E-state index contributed by atoms with van der Waals surface area (Å²) in [6, 6.07) is 7.63. The Morgan fingerprint density at radius 1 is 1.48 bits per heavy atom. The van der Waals surface area contributed by atoms with Gasteiger partial charge in [0.15, 0.2) is 0 Å². The molecular weight excluding hydrogens is 288 g/mol. The predicted octanol–water partition coefficient (Wildman–Crippen LogP) is -1.73. The lowest BCUT2D eigenvalue weighted by molar-refractivity contribution is -0.643. The summed E-state index contributed by atoms with van der Waals surface area (Å²) in [5.74, 6) is 3.18. The van der Waals surface area contributed by atoms with Crippen LogP contribution in [0.1, 0.15) is 18.9 Å². The molecule has 0 aliphatic heterocycles. The molecule has 5 heteroatoms. The van der Waals surface area contributed by atoms with Crippen molar-refractivity contribution in [2.45, 2.75) is 19.8 Å². The van der Waals surface area contributed by atoms with E-state index in [1.54, 1.807) is 18.0 Å². The van der Waals surface area contributed by atoms with Crippen molar-refractivity contribution >= 4 is 6.09 Å². The normalized spacial score (nSPS) is 9.38. The van der Waals surface area contributed by atoms with Crippen molar-refractivity contribution in [2.75, 3.05) is 26.7 Å². The first-order valence-electron chi connectivity index (χ1n) is 6.94. The number of benzene rings is 1. The second-order valence-electron chi connectivity index (χ2n) is 4.67. The van der Waals surface area contributed by atoms with Gasteiger partial charge in [-0.15, -0.1) is 6.42 Å². The summed E-state index contributed by atoms with van der Waals surface area (Å²) in [4.78, 5) is 13.4. The van der Waals surface area contributed by atoms with Crippen molar-refractivity contribution in [3.05, 3.63) is 29.8 Å². The number of halogens is 1. The summed E-state index contributed by atoms with van der Waals surface area (Å²) in [6.45, 7) is 4.34. The minimum Gasteiger partial charge on any atom is -1.00 e. The van der Waals surface area contributed by atoms with Crippen molar-refractivity contribution in [3.63, 3.8) is 0 Å². The maximum absolute atomic E-state index is 11.8. The average Bonchev–Trinajstić information content (AvgIpc) is 2.44. The van der Waals surface area contributed by atoms with Crippen LogP contribution in [0.2, 0.25) is 0 Å². The van der Waals surface area contributed by atoms with E-state index in [1.807, 2.05) is 25.1 Å². The van der Waals surface area contributed by atoms with Crippen LogP contribution in [0.25, 0.3) is 0 Å². The van der Waals surface area contributed by atoms with Gasteiger partial charge in [-0.05, 0) is 30.0 Å². The maximum Gasteiger partial charge on any atom is 0.414 e. The quantitative estimate of drug-likeness (QED) is 0.481. The molecule has 1 aromatic rings. The summed E-state index contributed by atoms with van der Waals surface area (Å²) in [5, 5.41) is 2.08. The van der Waals surface area contributed by atoms with Crippen molar-refractivity contribution in [2.24, 2.45) is 0 Å². The summed E-state index contributed by atoms with van der Waals surface area (Å²) in [5.41, 5.74) is 1.14. The highest BCUT2D eigenvalue weighted by Gasteiger charge is 2.10. The number of quaternary nitrogens is 1. The molecule has 0 fully saturated rings. The molecule has 0 unspecified atom stereocenters. The molecule has 1 rings (SSSR count). The number of rotatable bonds is 7. The molecule has 0 atom stereocenters. The molecule has 0 saturated heterocycles.